The summed E-state index contributed by atoms with van der Waals surface area (Å²) in [4.78, 5) is 26.8. The van der Waals surface area contributed by atoms with Gasteiger partial charge in [0, 0.05) is 55.2 Å². The van der Waals surface area contributed by atoms with Crippen molar-refractivity contribution in [1.82, 2.24) is 5.32 Å². The zero-order valence-corrected chi connectivity index (χ0v) is 20.1. The number of aldehydes is 1. The first-order chi connectivity index (χ1) is 17.6. The monoisotopic (exact) mass is 516 g/mol. The number of hydrogen-bond acceptors (Lipinski definition) is 3. The maximum absolute atomic E-state index is 14.0. The normalized spacial score (nSPS) is 14.4. The summed E-state index contributed by atoms with van der Waals surface area (Å²) in [5.41, 5.74) is 0.471. The third-order valence-corrected chi connectivity index (χ3v) is 6.80. The van der Waals surface area contributed by atoms with E-state index in [4.69, 9.17) is 0 Å². The van der Waals surface area contributed by atoms with Gasteiger partial charge in [0.2, 0.25) is 0 Å². The number of amides is 1. The highest BCUT2D eigenvalue weighted by molar-refractivity contribution is 5.95. The largest absolute Gasteiger partial charge is 0.370 e. The summed E-state index contributed by atoms with van der Waals surface area (Å²) in [5, 5.41) is 2.43. The van der Waals surface area contributed by atoms with E-state index in [-0.39, 0.29) is 12.1 Å². The predicted octanol–water partition coefficient (Wildman–Crippen LogP) is 5.96. The molecule has 4 nitrogen and oxygen atoms in total. The minimum Gasteiger partial charge on any atom is -0.370 e. The molecule has 0 aromatic heterocycles. The van der Waals surface area contributed by atoms with Crippen molar-refractivity contribution in [3.05, 3.63) is 99.9 Å². The molecule has 1 fully saturated rings. The summed E-state index contributed by atoms with van der Waals surface area (Å²) in [6, 6.07) is 8.97. The van der Waals surface area contributed by atoms with Crippen molar-refractivity contribution < 1.29 is 31.5 Å². The Morgan fingerprint density at radius 2 is 1.51 bits per heavy atom. The second-order valence-corrected chi connectivity index (χ2v) is 9.38. The van der Waals surface area contributed by atoms with Gasteiger partial charge in [-0.15, -0.1) is 0 Å². The van der Waals surface area contributed by atoms with Crippen molar-refractivity contribution in [2.24, 2.45) is 0 Å². The van der Waals surface area contributed by atoms with Gasteiger partial charge in [-0.2, -0.15) is 0 Å². The Kier molecular flexibility index (Phi) is 7.61. The van der Waals surface area contributed by atoms with Gasteiger partial charge in [0.25, 0.3) is 5.91 Å². The van der Waals surface area contributed by atoms with Crippen LogP contribution in [-0.4, -0.2) is 19.2 Å². The lowest BCUT2D eigenvalue weighted by atomic mass is 9.78. The summed E-state index contributed by atoms with van der Waals surface area (Å²) in [5.74, 6) is -5.40. The van der Waals surface area contributed by atoms with Crippen LogP contribution in [0.2, 0.25) is 0 Å². The zero-order chi connectivity index (χ0) is 26.7. The van der Waals surface area contributed by atoms with Crippen molar-refractivity contribution in [3.8, 4) is 0 Å². The molecule has 4 rings (SSSR count). The number of hydrogen-bond donors (Lipinski definition) is 1. The van der Waals surface area contributed by atoms with Gasteiger partial charge in [-0.05, 0) is 48.2 Å². The van der Waals surface area contributed by atoms with Crippen molar-refractivity contribution in [2.75, 3.05) is 11.9 Å². The highest BCUT2D eigenvalue weighted by atomic mass is 19.2. The van der Waals surface area contributed by atoms with Gasteiger partial charge >= 0.3 is 0 Å². The Hall–Kier alpha value is -3.75. The SMILES string of the molecule is CN(Cc1cc(F)cc(F)c1)c1cc(C(=O)NCc2c(F)cc(F)cc2F)ccc1C1(C=O)CCCC1. The molecule has 0 bridgehead atoms. The molecule has 37 heavy (non-hydrogen) atoms. The van der Waals surface area contributed by atoms with Crippen LogP contribution >= 0.6 is 0 Å². The van der Waals surface area contributed by atoms with Crippen LogP contribution in [0.4, 0.5) is 27.6 Å². The number of carbonyl (C=O) groups is 2. The lowest BCUT2D eigenvalue weighted by molar-refractivity contribution is -0.112. The number of anilines is 1. The maximum Gasteiger partial charge on any atom is 0.251 e. The van der Waals surface area contributed by atoms with Crippen LogP contribution in [-0.2, 0) is 23.3 Å². The van der Waals surface area contributed by atoms with Crippen LogP contribution in [0, 0.1) is 29.1 Å². The summed E-state index contributed by atoms with van der Waals surface area (Å²) < 4.78 is 68.7. The summed E-state index contributed by atoms with van der Waals surface area (Å²) >= 11 is 0. The van der Waals surface area contributed by atoms with E-state index >= 15 is 0 Å². The summed E-state index contributed by atoms with van der Waals surface area (Å²) in [7, 11) is 1.68. The van der Waals surface area contributed by atoms with E-state index in [9.17, 15) is 31.5 Å². The topological polar surface area (TPSA) is 49.4 Å². The molecule has 3 aromatic carbocycles. The maximum atomic E-state index is 14.0. The first kappa shape index (κ1) is 26.3. The minimum absolute atomic E-state index is 0.0910. The van der Waals surface area contributed by atoms with E-state index in [1.54, 1.807) is 24.1 Å². The minimum atomic E-state index is -1.12. The number of rotatable bonds is 8. The summed E-state index contributed by atoms with van der Waals surface area (Å²) in [6.07, 6.45) is 3.87. The molecular weight excluding hydrogens is 491 g/mol. The van der Waals surface area contributed by atoms with Crippen LogP contribution in [0.15, 0.2) is 48.5 Å². The fourth-order valence-corrected chi connectivity index (χ4v) is 4.94. The Morgan fingerprint density at radius 1 is 0.919 bits per heavy atom. The quantitative estimate of drug-likeness (QED) is 0.297. The van der Waals surface area contributed by atoms with Gasteiger partial charge in [0.15, 0.2) is 0 Å². The van der Waals surface area contributed by atoms with Gasteiger partial charge in [0.1, 0.15) is 35.4 Å². The molecule has 0 unspecified atom stereocenters. The molecule has 1 aliphatic carbocycles. The molecule has 1 saturated carbocycles. The molecule has 1 aliphatic rings. The lowest BCUT2D eigenvalue weighted by Crippen LogP contribution is -2.30. The first-order valence-corrected chi connectivity index (χ1v) is 11.8. The molecule has 1 N–H and O–H groups in total. The second-order valence-electron chi connectivity index (χ2n) is 9.38. The number of halogens is 5. The molecule has 0 radical (unpaired) electrons. The first-order valence-electron chi connectivity index (χ1n) is 11.8. The van der Waals surface area contributed by atoms with Gasteiger partial charge in [-0.1, -0.05) is 18.9 Å². The van der Waals surface area contributed by atoms with E-state index in [2.05, 4.69) is 5.32 Å². The van der Waals surface area contributed by atoms with E-state index < -0.39 is 52.5 Å². The van der Waals surface area contributed by atoms with Crippen LogP contribution < -0.4 is 10.2 Å². The average molecular weight is 517 g/mol. The standard InChI is InChI=1S/C28H25F5N2O2/c1-35(15-17-8-19(29)11-20(30)9-17)26-10-18(4-5-23(26)28(16-36)6-2-3-7-28)27(37)34-14-22-24(32)12-21(31)13-25(22)33/h4-5,8-13,16H,2-3,6-7,14-15H2,1H3,(H,34,37). The fourth-order valence-electron chi connectivity index (χ4n) is 4.94. The Labute approximate surface area is 211 Å². The van der Waals surface area contributed by atoms with E-state index in [0.29, 0.717) is 41.8 Å². The third-order valence-electron chi connectivity index (χ3n) is 6.80. The average Bonchev–Trinajstić information content (AvgIpc) is 3.32. The highest BCUT2D eigenvalue weighted by Gasteiger charge is 2.38. The van der Waals surface area contributed by atoms with E-state index in [1.807, 2.05) is 0 Å². The lowest BCUT2D eigenvalue weighted by Gasteiger charge is -2.31. The van der Waals surface area contributed by atoms with E-state index in [0.717, 1.165) is 25.2 Å². The van der Waals surface area contributed by atoms with Gasteiger partial charge in [-0.25, -0.2) is 22.0 Å². The number of benzene rings is 3. The molecule has 0 saturated heterocycles. The van der Waals surface area contributed by atoms with Gasteiger partial charge in [0.05, 0.1) is 5.41 Å². The zero-order valence-electron chi connectivity index (χ0n) is 20.1. The predicted molar refractivity (Wildman–Crippen MR) is 129 cm³/mol. The number of nitrogens with one attached hydrogen (secondary N) is 1. The highest BCUT2D eigenvalue weighted by Crippen LogP contribution is 2.44. The molecular formula is C28H25F5N2O2. The molecule has 0 heterocycles. The molecule has 1 amide bonds. The Bertz CT molecular complexity index is 1290. The second kappa shape index (κ2) is 10.7. The third kappa shape index (κ3) is 5.65. The van der Waals surface area contributed by atoms with Crippen molar-refractivity contribution in [1.29, 1.82) is 0 Å². The number of carbonyl (C=O) groups excluding carboxylic acids is 2. The Balaban J connectivity index is 1.66. The molecule has 0 atom stereocenters. The van der Waals surface area contributed by atoms with Crippen LogP contribution in [0.5, 0.6) is 0 Å². The smallest absolute Gasteiger partial charge is 0.251 e. The Morgan fingerprint density at radius 3 is 2.11 bits per heavy atom. The van der Waals surface area contributed by atoms with Crippen LogP contribution in [0.25, 0.3) is 0 Å². The van der Waals surface area contributed by atoms with Crippen molar-refractivity contribution in [3.63, 3.8) is 0 Å². The van der Waals surface area contributed by atoms with Crippen LogP contribution in [0.1, 0.15) is 52.7 Å². The molecule has 3 aromatic rings. The van der Waals surface area contributed by atoms with Crippen LogP contribution in [0.3, 0.4) is 0 Å². The molecule has 0 spiro atoms. The molecule has 194 valence electrons. The number of nitrogens with zero attached hydrogens (tertiary/aromatic N) is 1. The molecule has 0 aliphatic heterocycles. The summed E-state index contributed by atoms with van der Waals surface area (Å²) in [6.45, 7) is -0.418. The van der Waals surface area contributed by atoms with Gasteiger partial charge < -0.3 is 15.0 Å². The van der Waals surface area contributed by atoms with E-state index in [1.165, 1.54) is 18.2 Å². The van der Waals surface area contributed by atoms with Crippen molar-refractivity contribution >= 4 is 17.9 Å². The molecule has 9 heteroatoms. The fraction of sp³-hybridized carbons (Fsp3) is 0.286. The van der Waals surface area contributed by atoms with Crippen molar-refractivity contribution in [2.45, 2.75) is 44.2 Å². The van der Waals surface area contributed by atoms with Gasteiger partial charge in [-0.3, -0.25) is 4.79 Å².